The van der Waals surface area contributed by atoms with Crippen molar-refractivity contribution in [2.75, 3.05) is 32.8 Å². The van der Waals surface area contributed by atoms with Crippen molar-refractivity contribution in [2.24, 2.45) is 0 Å². The molecule has 0 saturated carbocycles. The summed E-state index contributed by atoms with van der Waals surface area (Å²) in [4.78, 5) is 18.1. The van der Waals surface area contributed by atoms with E-state index in [1.165, 1.54) is 32.1 Å². The van der Waals surface area contributed by atoms with E-state index in [1.54, 1.807) is 24.4 Å². The number of hydrogen-bond donors (Lipinski definition) is 3. The molecule has 0 spiro atoms. The molecule has 1 aromatic heterocycles. The van der Waals surface area contributed by atoms with Gasteiger partial charge in [0.15, 0.2) is 0 Å². The first kappa shape index (κ1) is 40.1. The van der Waals surface area contributed by atoms with Gasteiger partial charge in [-0.2, -0.15) is 5.26 Å². The van der Waals surface area contributed by atoms with Crippen LogP contribution in [-0.4, -0.2) is 65.0 Å². The maximum Gasteiger partial charge on any atom is 0.323 e. The second kappa shape index (κ2) is 20.4. The number of aromatic nitrogens is 1. The van der Waals surface area contributed by atoms with Gasteiger partial charge in [-0.25, -0.2) is 0 Å². The molecule has 0 radical (unpaired) electrons. The number of carbonyl (C=O) groups is 1. The predicted octanol–water partition coefficient (Wildman–Crippen LogP) is 7.47. The Morgan fingerprint density at radius 1 is 0.942 bits per heavy atom. The normalized spacial score (nSPS) is 13.1. The number of aliphatic carboxylic acids is 1. The van der Waals surface area contributed by atoms with Crippen LogP contribution in [0, 0.1) is 25.2 Å². The molecule has 3 N–H and O–H groups in total. The molecule has 1 atom stereocenters. The zero-order valence-electron chi connectivity index (χ0n) is 30.5. The van der Waals surface area contributed by atoms with Crippen molar-refractivity contribution >= 4 is 17.6 Å². The summed E-state index contributed by atoms with van der Waals surface area (Å²) in [6.07, 6.45) is 6.65. The summed E-state index contributed by atoms with van der Waals surface area (Å²) in [7, 11) is 0. The van der Waals surface area contributed by atoms with E-state index in [0.717, 1.165) is 46.5 Å². The molecule has 0 unspecified atom stereocenters. The average molecular weight is 729 g/mol. The SMILES string of the molecule is CC.Cc1c(COc2cc(OCc3cncc(C#N)c3)c(CN[C@@H](CO)C(=O)O)cc2Cl)cccc1-c1cccc(OCCCN2CCCC2)c1C. The third-order valence-corrected chi connectivity index (χ3v) is 9.23. The molecular weight excluding hydrogens is 680 g/mol. The Kier molecular flexibility index (Phi) is 15.7. The van der Waals surface area contributed by atoms with Gasteiger partial charge >= 0.3 is 5.97 Å². The quantitative estimate of drug-likeness (QED) is 0.0939. The smallest absolute Gasteiger partial charge is 0.323 e. The third kappa shape index (κ3) is 10.9. The number of pyridine rings is 1. The minimum absolute atomic E-state index is 0.0606. The number of aliphatic hydroxyl groups excluding tert-OH is 1. The van der Waals surface area contributed by atoms with Crippen molar-refractivity contribution in [3.8, 4) is 34.4 Å². The van der Waals surface area contributed by atoms with Crippen LogP contribution in [0.2, 0.25) is 5.02 Å². The Morgan fingerprint density at radius 2 is 1.65 bits per heavy atom. The Labute approximate surface area is 311 Å². The third-order valence-electron chi connectivity index (χ3n) is 8.93. The summed E-state index contributed by atoms with van der Waals surface area (Å²) in [6, 6.07) is 18.2. The number of hydrogen-bond acceptors (Lipinski definition) is 9. The fraction of sp³-hybridized carbons (Fsp3) is 0.390. The predicted molar refractivity (Wildman–Crippen MR) is 203 cm³/mol. The Balaban J connectivity index is 0.00000297. The van der Waals surface area contributed by atoms with E-state index in [-0.39, 0.29) is 19.8 Å². The lowest BCUT2D eigenvalue weighted by atomic mass is 9.93. The first-order valence-corrected chi connectivity index (χ1v) is 18.2. The van der Waals surface area contributed by atoms with Crippen LogP contribution in [0.3, 0.4) is 0 Å². The Morgan fingerprint density at radius 3 is 2.37 bits per heavy atom. The molecule has 1 saturated heterocycles. The van der Waals surface area contributed by atoms with Crippen molar-refractivity contribution in [1.29, 1.82) is 5.26 Å². The maximum atomic E-state index is 11.5. The van der Waals surface area contributed by atoms with Gasteiger partial charge in [0.25, 0.3) is 0 Å². The molecular formula is C41H49ClN4O6. The lowest BCUT2D eigenvalue weighted by Gasteiger charge is -2.19. The molecule has 5 rings (SSSR count). The average Bonchev–Trinajstić information content (AvgIpc) is 3.68. The van der Waals surface area contributed by atoms with Crippen molar-refractivity contribution in [3.63, 3.8) is 0 Å². The zero-order chi connectivity index (χ0) is 37.5. The van der Waals surface area contributed by atoms with Crippen LogP contribution in [0.15, 0.2) is 67.0 Å². The lowest BCUT2D eigenvalue weighted by Crippen LogP contribution is -2.39. The van der Waals surface area contributed by atoms with Crippen LogP contribution in [0.5, 0.6) is 17.2 Å². The van der Waals surface area contributed by atoms with Crippen LogP contribution in [-0.2, 0) is 24.6 Å². The fourth-order valence-corrected chi connectivity index (χ4v) is 6.28. The van der Waals surface area contributed by atoms with E-state index in [2.05, 4.69) is 47.3 Å². The number of nitrogens with zero attached hydrogens (tertiary/aromatic N) is 3. The van der Waals surface area contributed by atoms with Gasteiger partial charge in [0, 0.05) is 42.7 Å². The number of ether oxygens (including phenoxy) is 3. The monoisotopic (exact) mass is 728 g/mol. The molecule has 1 aliphatic rings. The Bertz CT molecular complexity index is 1820. The van der Waals surface area contributed by atoms with Gasteiger partial charge < -0.3 is 29.3 Å². The van der Waals surface area contributed by atoms with E-state index in [9.17, 15) is 20.3 Å². The van der Waals surface area contributed by atoms with Crippen molar-refractivity contribution in [1.82, 2.24) is 15.2 Å². The largest absolute Gasteiger partial charge is 0.493 e. The van der Waals surface area contributed by atoms with Gasteiger partial charge in [0.05, 0.1) is 23.8 Å². The topological polar surface area (TPSA) is 137 Å². The highest BCUT2D eigenvalue weighted by Crippen LogP contribution is 2.36. The van der Waals surface area contributed by atoms with E-state index in [0.29, 0.717) is 39.8 Å². The highest BCUT2D eigenvalue weighted by atomic mass is 35.5. The molecule has 52 heavy (non-hydrogen) atoms. The van der Waals surface area contributed by atoms with Gasteiger partial charge in [-0.15, -0.1) is 0 Å². The minimum Gasteiger partial charge on any atom is -0.493 e. The number of carboxylic acid groups (broad SMARTS) is 1. The summed E-state index contributed by atoms with van der Waals surface area (Å²) in [5.41, 5.74) is 6.98. The van der Waals surface area contributed by atoms with Gasteiger partial charge in [-0.3, -0.25) is 15.1 Å². The van der Waals surface area contributed by atoms with E-state index in [4.69, 9.17) is 25.8 Å². The summed E-state index contributed by atoms with van der Waals surface area (Å²) in [5, 5.41) is 31.2. The number of carboxylic acids is 1. The molecule has 0 bridgehead atoms. The van der Waals surface area contributed by atoms with Gasteiger partial charge in [0.2, 0.25) is 0 Å². The molecule has 4 aromatic rings. The number of rotatable bonds is 17. The van der Waals surface area contributed by atoms with Gasteiger partial charge in [-0.1, -0.05) is 55.8 Å². The number of likely N-dealkylation sites (tertiary alicyclic amines) is 1. The second-order valence-corrected chi connectivity index (χ2v) is 12.8. The maximum absolute atomic E-state index is 11.5. The first-order valence-electron chi connectivity index (χ1n) is 17.8. The number of nitriles is 1. The van der Waals surface area contributed by atoms with Crippen LogP contribution in [0.4, 0.5) is 0 Å². The number of nitrogens with one attached hydrogen (secondary N) is 1. The fourth-order valence-electron chi connectivity index (χ4n) is 6.04. The molecule has 0 aliphatic carbocycles. The molecule has 10 nitrogen and oxygen atoms in total. The van der Waals surface area contributed by atoms with Crippen LogP contribution in [0.1, 0.15) is 66.5 Å². The molecule has 1 fully saturated rings. The summed E-state index contributed by atoms with van der Waals surface area (Å²) in [6.45, 7) is 12.1. The standard InChI is InChI=1S/C39H43ClN4O6.C2H6/c1-26-30(8-5-9-32(26)33-10-6-11-36(27(33)2)48-15-7-14-44-12-3-4-13-44)25-50-38-18-37(49-24-29-16-28(19-41)20-42-21-29)31(17-34(38)40)22-43-35(23-45)39(46)47;1-2/h5-6,8-11,16-18,20-21,35,43,45H,3-4,7,12-15,22-25H2,1-2H3,(H,46,47);1-2H3/t35-;/m0./s1. The first-order chi connectivity index (χ1) is 25.3. The van der Waals surface area contributed by atoms with Crippen molar-refractivity contribution < 1.29 is 29.2 Å². The molecule has 276 valence electrons. The molecule has 2 heterocycles. The summed E-state index contributed by atoms with van der Waals surface area (Å²) in [5.74, 6) is 0.499. The number of benzene rings is 3. The highest BCUT2D eigenvalue weighted by molar-refractivity contribution is 6.32. The minimum atomic E-state index is -1.18. The van der Waals surface area contributed by atoms with Gasteiger partial charge in [-0.05, 0) is 92.2 Å². The Hall–Kier alpha value is -4.66. The molecule has 1 aliphatic heterocycles. The number of halogens is 1. The van der Waals surface area contributed by atoms with E-state index >= 15 is 0 Å². The van der Waals surface area contributed by atoms with E-state index < -0.39 is 18.6 Å². The number of aliphatic hydroxyl groups is 1. The van der Waals surface area contributed by atoms with Crippen molar-refractivity contribution in [3.05, 3.63) is 105 Å². The summed E-state index contributed by atoms with van der Waals surface area (Å²) < 4.78 is 18.6. The van der Waals surface area contributed by atoms with Crippen molar-refractivity contribution in [2.45, 2.75) is 72.8 Å². The van der Waals surface area contributed by atoms with E-state index in [1.807, 2.05) is 38.1 Å². The highest BCUT2D eigenvalue weighted by Gasteiger charge is 2.19. The molecule has 3 aromatic carbocycles. The summed E-state index contributed by atoms with van der Waals surface area (Å²) >= 11 is 6.69. The van der Waals surface area contributed by atoms with Crippen LogP contribution >= 0.6 is 11.6 Å². The molecule has 11 heteroatoms. The second-order valence-electron chi connectivity index (χ2n) is 12.4. The van der Waals surface area contributed by atoms with Crippen LogP contribution in [0.25, 0.3) is 11.1 Å². The zero-order valence-corrected chi connectivity index (χ0v) is 31.2. The van der Waals surface area contributed by atoms with Crippen LogP contribution < -0.4 is 19.5 Å². The van der Waals surface area contributed by atoms with Gasteiger partial charge in [0.1, 0.15) is 42.6 Å². The molecule has 0 amide bonds. The lowest BCUT2D eigenvalue weighted by molar-refractivity contribution is -0.140.